The Kier molecular flexibility index (Phi) is 8.06. The van der Waals surface area contributed by atoms with E-state index in [2.05, 4.69) is 18.8 Å². The van der Waals surface area contributed by atoms with Crippen molar-refractivity contribution in [2.75, 3.05) is 26.9 Å². The molecule has 0 saturated heterocycles. The van der Waals surface area contributed by atoms with E-state index in [-0.39, 0.29) is 18.6 Å². The van der Waals surface area contributed by atoms with Gasteiger partial charge < -0.3 is 14.7 Å². The minimum Gasteiger partial charge on any atom is -0.395 e. The van der Waals surface area contributed by atoms with Crippen LogP contribution in [0.5, 0.6) is 0 Å². The summed E-state index contributed by atoms with van der Waals surface area (Å²) in [5.41, 5.74) is 0.740. The van der Waals surface area contributed by atoms with Crippen molar-refractivity contribution >= 4 is 17.2 Å². The summed E-state index contributed by atoms with van der Waals surface area (Å²) in [5, 5.41) is 10.7. The van der Waals surface area contributed by atoms with Crippen LogP contribution in [0.25, 0.3) is 0 Å². The second-order valence-electron chi connectivity index (χ2n) is 4.69. The van der Waals surface area contributed by atoms with Gasteiger partial charge in [-0.3, -0.25) is 4.79 Å². The minimum atomic E-state index is 0.00435. The first-order valence-electron chi connectivity index (χ1n) is 7.12. The van der Waals surface area contributed by atoms with E-state index in [1.54, 1.807) is 7.11 Å². The number of amides is 1. The first-order chi connectivity index (χ1) is 10.2. The Bertz CT molecular complexity index is 501. The van der Waals surface area contributed by atoms with Crippen LogP contribution in [-0.4, -0.2) is 48.8 Å². The van der Waals surface area contributed by atoms with Gasteiger partial charge in [0, 0.05) is 31.7 Å². The van der Waals surface area contributed by atoms with Crippen LogP contribution in [0.2, 0.25) is 0 Å². The molecule has 1 N–H and O–H groups in total. The van der Waals surface area contributed by atoms with E-state index in [1.807, 2.05) is 23.3 Å². The summed E-state index contributed by atoms with van der Waals surface area (Å²) in [7, 11) is 1.64. The van der Waals surface area contributed by atoms with Crippen molar-refractivity contribution in [3.05, 3.63) is 21.9 Å². The van der Waals surface area contributed by atoms with Crippen molar-refractivity contribution in [1.29, 1.82) is 0 Å². The average molecular weight is 309 g/mol. The molecular formula is C16H23NO3S. The zero-order valence-corrected chi connectivity index (χ0v) is 13.7. The predicted octanol–water partition coefficient (Wildman–Crippen LogP) is 2.37. The number of aliphatic hydroxyl groups excluding tert-OH is 1. The van der Waals surface area contributed by atoms with Gasteiger partial charge in [0.2, 0.25) is 0 Å². The second kappa shape index (κ2) is 9.56. The smallest absolute Gasteiger partial charge is 0.265 e. The number of aliphatic hydroxyl groups is 1. The summed E-state index contributed by atoms with van der Waals surface area (Å²) in [6.45, 7) is 5.23. The number of carbonyl (C=O) groups is 1. The molecule has 1 aromatic heterocycles. The average Bonchev–Trinajstić information content (AvgIpc) is 2.95. The predicted molar refractivity (Wildman–Crippen MR) is 85.6 cm³/mol. The maximum atomic E-state index is 12.7. The molecular weight excluding hydrogens is 286 g/mol. The van der Waals surface area contributed by atoms with Crippen LogP contribution in [-0.2, 0) is 4.74 Å². The topological polar surface area (TPSA) is 49.8 Å². The molecule has 1 heterocycles. The third-order valence-electron chi connectivity index (χ3n) is 3.24. The summed E-state index contributed by atoms with van der Waals surface area (Å²) in [4.78, 5) is 15.2. The lowest BCUT2D eigenvalue weighted by atomic mass is 10.1. The van der Waals surface area contributed by atoms with Gasteiger partial charge in [-0.15, -0.1) is 11.3 Å². The Balaban J connectivity index is 2.94. The summed E-state index contributed by atoms with van der Waals surface area (Å²) in [5.74, 6) is 5.84. The number of methoxy groups -OCH3 is 1. The molecule has 0 spiro atoms. The van der Waals surface area contributed by atoms with Crippen LogP contribution in [0.3, 0.4) is 0 Å². The van der Waals surface area contributed by atoms with E-state index in [0.717, 1.165) is 12.0 Å². The quantitative estimate of drug-likeness (QED) is 0.787. The van der Waals surface area contributed by atoms with Crippen molar-refractivity contribution in [3.63, 3.8) is 0 Å². The zero-order valence-electron chi connectivity index (χ0n) is 12.9. The van der Waals surface area contributed by atoms with E-state index in [0.29, 0.717) is 24.4 Å². The number of rotatable bonds is 7. The van der Waals surface area contributed by atoms with Gasteiger partial charge in [-0.25, -0.2) is 0 Å². The number of carbonyl (C=O) groups excluding carboxylic acids is 1. The first-order valence-corrected chi connectivity index (χ1v) is 8.00. The highest BCUT2D eigenvalue weighted by Gasteiger charge is 2.23. The molecule has 1 unspecified atom stereocenters. The van der Waals surface area contributed by atoms with Crippen molar-refractivity contribution in [3.8, 4) is 11.8 Å². The highest BCUT2D eigenvalue weighted by atomic mass is 32.1. The van der Waals surface area contributed by atoms with Gasteiger partial charge in [0.25, 0.3) is 5.91 Å². The Morgan fingerprint density at radius 3 is 2.95 bits per heavy atom. The summed E-state index contributed by atoms with van der Waals surface area (Å²) >= 11 is 1.41. The number of ether oxygens (including phenoxy) is 1. The van der Waals surface area contributed by atoms with E-state index in [9.17, 15) is 4.79 Å². The van der Waals surface area contributed by atoms with E-state index < -0.39 is 0 Å². The molecule has 1 amide bonds. The fourth-order valence-electron chi connectivity index (χ4n) is 1.85. The van der Waals surface area contributed by atoms with Crippen molar-refractivity contribution in [2.45, 2.75) is 32.7 Å². The molecule has 0 bridgehead atoms. The number of hydrogen-bond donors (Lipinski definition) is 1. The Morgan fingerprint density at radius 2 is 2.33 bits per heavy atom. The monoisotopic (exact) mass is 309 g/mol. The van der Waals surface area contributed by atoms with Crippen LogP contribution in [0, 0.1) is 11.8 Å². The van der Waals surface area contributed by atoms with Gasteiger partial charge in [0.15, 0.2) is 0 Å². The Morgan fingerprint density at radius 1 is 1.57 bits per heavy atom. The number of thiophene rings is 1. The van der Waals surface area contributed by atoms with E-state index in [1.165, 1.54) is 11.3 Å². The number of hydrogen-bond acceptors (Lipinski definition) is 4. The molecule has 116 valence electrons. The lowest BCUT2D eigenvalue weighted by Gasteiger charge is -2.28. The summed E-state index contributed by atoms with van der Waals surface area (Å²) < 4.78 is 5.10. The van der Waals surface area contributed by atoms with Crippen molar-refractivity contribution in [2.24, 2.45) is 0 Å². The van der Waals surface area contributed by atoms with Gasteiger partial charge in [-0.2, -0.15) is 0 Å². The van der Waals surface area contributed by atoms with Crippen LogP contribution >= 0.6 is 11.3 Å². The molecule has 0 saturated carbocycles. The van der Waals surface area contributed by atoms with Gasteiger partial charge in [0.1, 0.15) is 4.88 Å². The third kappa shape index (κ3) is 5.16. The fourth-order valence-corrected chi connectivity index (χ4v) is 2.65. The van der Waals surface area contributed by atoms with E-state index in [4.69, 9.17) is 9.84 Å². The van der Waals surface area contributed by atoms with Crippen molar-refractivity contribution < 1.29 is 14.6 Å². The molecule has 0 aliphatic heterocycles. The Labute approximate surface area is 130 Å². The van der Waals surface area contributed by atoms with Crippen molar-refractivity contribution in [1.82, 2.24) is 4.90 Å². The fraction of sp³-hybridized carbons (Fsp3) is 0.562. The highest BCUT2D eigenvalue weighted by molar-refractivity contribution is 7.12. The maximum absolute atomic E-state index is 12.7. The lowest BCUT2D eigenvalue weighted by Crippen LogP contribution is -2.40. The molecule has 0 aromatic carbocycles. The lowest BCUT2D eigenvalue weighted by molar-refractivity contribution is 0.0618. The molecule has 1 atom stereocenters. The summed E-state index contributed by atoms with van der Waals surface area (Å²) in [6.07, 6.45) is 1.31. The number of nitrogens with zero attached hydrogens (tertiary/aromatic N) is 1. The zero-order chi connectivity index (χ0) is 15.7. The van der Waals surface area contributed by atoms with Gasteiger partial charge in [-0.05, 0) is 24.8 Å². The van der Waals surface area contributed by atoms with Gasteiger partial charge >= 0.3 is 0 Å². The molecule has 0 fully saturated rings. The van der Waals surface area contributed by atoms with Crippen LogP contribution in [0.4, 0.5) is 0 Å². The van der Waals surface area contributed by atoms with Crippen LogP contribution in [0.1, 0.15) is 41.9 Å². The first kappa shape index (κ1) is 17.7. The highest BCUT2D eigenvalue weighted by Crippen LogP contribution is 2.20. The molecule has 4 nitrogen and oxygen atoms in total. The molecule has 1 aromatic rings. The third-order valence-corrected chi connectivity index (χ3v) is 4.14. The second-order valence-corrected chi connectivity index (χ2v) is 5.60. The van der Waals surface area contributed by atoms with E-state index >= 15 is 0 Å². The van der Waals surface area contributed by atoms with Gasteiger partial charge in [0.05, 0.1) is 13.2 Å². The van der Waals surface area contributed by atoms with Crippen LogP contribution in [0.15, 0.2) is 11.4 Å². The molecule has 0 radical (unpaired) electrons. The summed E-state index contributed by atoms with van der Waals surface area (Å²) in [6, 6.07) is 2.01. The standard InChI is InChI=1S/C16H23NO3S/c1-4-13(2)17(9-11-20-3)16(19)15-14(8-12-21-15)7-5-6-10-18/h8,12-13,18H,4,6,9-11H2,1-3H3. The molecule has 1 rings (SSSR count). The largest absolute Gasteiger partial charge is 0.395 e. The van der Waals surface area contributed by atoms with Gasteiger partial charge in [-0.1, -0.05) is 18.8 Å². The molecule has 0 aliphatic rings. The SMILES string of the molecule is CCC(C)N(CCOC)C(=O)c1sccc1C#CCCO. The molecule has 21 heavy (non-hydrogen) atoms. The Hall–Kier alpha value is -1.35. The molecule has 5 heteroatoms. The minimum absolute atomic E-state index is 0.00435. The molecule has 0 aliphatic carbocycles. The van der Waals surface area contributed by atoms with Crippen LogP contribution < -0.4 is 0 Å². The normalized spacial score (nSPS) is 11.6. The maximum Gasteiger partial charge on any atom is 0.265 e.